The van der Waals surface area contributed by atoms with Crippen LogP contribution in [0.5, 0.6) is 5.75 Å². The number of morpholine rings is 1. The number of nitrogens with zero attached hydrogens (tertiary/aromatic N) is 4. The highest BCUT2D eigenvalue weighted by atomic mass is 16.5. The second-order valence-corrected chi connectivity index (χ2v) is 9.37. The first-order valence-electron chi connectivity index (χ1n) is 12.2. The van der Waals surface area contributed by atoms with Crippen LogP contribution in [0, 0.1) is 0 Å². The number of carbonyl (C=O) groups excluding carboxylic acids is 3. The number of nitrogens with one attached hydrogen (secondary N) is 1. The molecule has 0 aliphatic carbocycles. The zero-order valence-electron chi connectivity index (χ0n) is 19.8. The number of hydrogen-bond acceptors (Lipinski definition) is 7. The summed E-state index contributed by atoms with van der Waals surface area (Å²) in [6, 6.07) is 8.71. The number of hydrogen-bond donors (Lipinski definition) is 1. The Kier molecular flexibility index (Phi) is 5.90. The minimum absolute atomic E-state index is 0.211. The highest BCUT2D eigenvalue weighted by molar-refractivity contribution is 6.05. The molecule has 3 aliphatic rings. The molecule has 1 N–H and O–H groups in total. The SMILES string of the molecule is O=C1CCC(N2Cc3c(OCc4ccc5ncc(CN6CCOCC6)n5c4)cccc3C2=O)C(=O)N1. The van der Waals surface area contributed by atoms with Crippen LogP contribution in [-0.4, -0.2) is 69.3 Å². The molecule has 0 bridgehead atoms. The Morgan fingerprint density at radius 3 is 2.81 bits per heavy atom. The van der Waals surface area contributed by atoms with Crippen LogP contribution in [0.25, 0.3) is 5.65 Å². The molecule has 3 aliphatic heterocycles. The Labute approximate surface area is 207 Å². The number of imide groups is 1. The Morgan fingerprint density at radius 2 is 1.97 bits per heavy atom. The van der Waals surface area contributed by atoms with Crippen molar-refractivity contribution in [2.45, 2.75) is 38.6 Å². The van der Waals surface area contributed by atoms with E-state index in [1.165, 1.54) is 4.90 Å². The van der Waals surface area contributed by atoms with Gasteiger partial charge in [0.2, 0.25) is 11.8 Å². The number of fused-ring (bicyclic) bond motifs is 2. The molecule has 6 rings (SSSR count). The van der Waals surface area contributed by atoms with Crippen LogP contribution in [0.3, 0.4) is 0 Å². The van der Waals surface area contributed by atoms with E-state index in [-0.39, 0.29) is 24.8 Å². The molecule has 186 valence electrons. The number of benzene rings is 1. The van der Waals surface area contributed by atoms with Crippen molar-refractivity contribution in [1.29, 1.82) is 0 Å². The van der Waals surface area contributed by atoms with Crippen molar-refractivity contribution in [3.05, 3.63) is 65.1 Å². The van der Waals surface area contributed by atoms with E-state index in [9.17, 15) is 14.4 Å². The zero-order chi connectivity index (χ0) is 24.6. The molecule has 1 atom stereocenters. The van der Waals surface area contributed by atoms with Crippen LogP contribution >= 0.6 is 0 Å². The quantitative estimate of drug-likeness (QED) is 0.523. The number of rotatable bonds is 6. The van der Waals surface area contributed by atoms with E-state index in [2.05, 4.69) is 19.6 Å². The minimum atomic E-state index is -0.649. The van der Waals surface area contributed by atoms with E-state index in [1.807, 2.05) is 30.6 Å². The molecule has 36 heavy (non-hydrogen) atoms. The third kappa shape index (κ3) is 4.22. The van der Waals surface area contributed by atoms with Gasteiger partial charge in [-0.05, 0) is 24.6 Å². The lowest BCUT2D eigenvalue weighted by molar-refractivity contribution is -0.136. The van der Waals surface area contributed by atoms with Crippen molar-refractivity contribution >= 4 is 23.4 Å². The second-order valence-electron chi connectivity index (χ2n) is 9.37. The summed E-state index contributed by atoms with van der Waals surface area (Å²) in [5.74, 6) is -0.309. The van der Waals surface area contributed by atoms with E-state index < -0.39 is 11.9 Å². The largest absolute Gasteiger partial charge is 0.488 e. The maximum atomic E-state index is 13.1. The van der Waals surface area contributed by atoms with Gasteiger partial charge in [0, 0.05) is 48.9 Å². The Hall–Kier alpha value is -3.76. The second kappa shape index (κ2) is 9.36. The smallest absolute Gasteiger partial charge is 0.255 e. The van der Waals surface area contributed by atoms with Crippen LogP contribution in [-0.2, 0) is 34.0 Å². The maximum Gasteiger partial charge on any atom is 0.255 e. The number of pyridine rings is 1. The van der Waals surface area contributed by atoms with Crippen LogP contribution < -0.4 is 10.1 Å². The van der Waals surface area contributed by atoms with Gasteiger partial charge in [-0.25, -0.2) is 4.98 Å². The molecule has 2 fully saturated rings. The summed E-state index contributed by atoms with van der Waals surface area (Å²) >= 11 is 0. The van der Waals surface area contributed by atoms with Gasteiger partial charge in [-0.2, -0.15) is 0 Å². The number of aromatic nitrogens is 2. The highest BCUT2D eigenvalue weighted by Crippen LogP contribution is 2.34. The fourth-order valence-corrected chi connectivity index (χ4v) is 5.12. The van der Waals surface area contributed by atoms with Crippen molar-refractivity contribution in [2.75, 3.05) is 26.3 Å². The van der Waals surface area contributed by atoms with Gasteiger partial charge in [-0.3, -0.25) is 24.6 Å². The van der Waals surface area contributed by atoms with Crippen molar-refractivity contribution in [1.82, 2.24) is 24.5 Å². The molecule has 3 aromatic rings. The number of imidazole rings is 1. The molecule has 0 saturated carbocycles. The molecule has 0 spiro atoms. The average molecular weight is 490 g/mol. The summed E-state index contributed by atoms with van der Waals surface area (Å²) in [6.07, 6.45) is 4.51. The summed E-state index contributed by atoms with van der Waals surface area (Å²) in [6.45, 7) is 4.73. The molecule has 2 aromatic heterocycles. The number of amides is 3. The van der Waals surface area contributed by atoms with Gasteiger partial charge in [0.05, 0.1) is 31.6 Å². The third-order valence-corrected chi connectivity index (χ3v) is 7.07. The van der Waals surface area contributed by atoms with Gasteiger partial charge in [0.15, 0.2) is 0 Å². The Morgan fingerprint density at radius 1 is 1.11 bits per heavy atom. The Bertz CT molecular complexity index is 1350. The summed E-state index contributed by atoms with van der Waals surface area (Å²) in [7, 11) is 0. The van der Waals surface area contributed by atoms with Gasteiger partial charge >= 0.3 is 0 Å². The molecular formula is C26H27N5O5. The van der Waals surface area contributed by atoms with Gasteiger partial charge in [-0.15, -0.1) is 0 Å². The molecule has 1 unspecified atom stereocenters. The van der Waals surface area contributed by atoms with E-state index in [1.54, 1.807) is 12.1 Å². The van der Waals surface area contributed by atoms with Crippen LogP contribution in [0.1, 0.15) is 40.0 Å². The van der Waals surface area contributed by atoms with Crippen molar-refractivity contribution in [2.24, 2.45) is 0 Å². The van der Waals surface area contributed by atoms with Gasteiger partial charge in [0.1, 0.15) is 24.0 Å². The predicted octanol–water partition coefficient (Wildman–Crippen LogP) is 1.51. The Balaban J connectivity index is 1.18. The highest BCUT2D eigenvalue weighted by Gasteiger charge is 2.40. The molecular weight excluding hydrogens is 462 g/mol. The minimum Gasteiger partial charge on any atom is -0.488 e. The first-order chi connectivity index (χ1) is 17.6. The van der Waals surface area contributed by atoms with Crippen LogP contribution in [0.4, 0.5) is 0 Å². The van der Waals surface area contributed by atoms with Gasteiger partial charge < -0.3 is 18.8 Å². The van der Waals surface area contributed by atoms with Crippen LogP contribution in [0.15, 0.2) is 42.7 Å². The van der Waals surface area contributed by atoms with Gasteiger partial charge in [-0.1, -0.05) is 12.1 Å². The molecule has 1 aromatic carbocycles. The van der Waals surface area contributed by atoms with Crippen molar-refractivity contribution < 1.29 is 23.9 Å². The van der Waals surface area contributed by atoms with Crippen molar-refractivity contribution in [3.8, 4) is 5.75 Å². The standard InChI is InChI=1S/C26H27N5O5/c32-24-7-5-21(25(33)28-24)31-15-20-19(26(31)34)2-1-3-22(20)36-16-17-4-6-23-27-12-18(30(23)13-17)14-29-8-10-35-11-9-29/h1-4,6,12-13,21H,5,7-11,14-16H2,(H,28,32,33). The van der Waals surface area contributed by atoms with E-state index in [4.69, 9.17) is 9.47 Å². The molecule has 10 heteroatoms. The first-order valence-corrected chi connectivity index (χ1v) is 12.2. The summed E-state index contributed by atoms with van der Waals surface area (Å²) < 4.78 is 13.7. The lowest BCUT2D eigenvalue weighted by atomic mass is 10.0. The number of ether oxygens (including phenoxy) is 2. The summed E-state index contributed by atoms with van der Waals surface area (Å²) in [5, 5.41) is 2.34. The monoisotopic (exact) mass is 489 g/mol. The lowest BCUT2D eigenvalue weighted by Gasteiger charge is -2.29. The fourth-order valence-electron chi connectivity index (χ4n) is 5.12. The summed E-state index contributed by atoms with van der Waals surface area (Å²) in [4.78, 5) is 45.3. The third-order valence-electron chi connectivity index (χ3n) is 7.07. The molecule has 3 amide bonds. The normalized spacial score (nSPS) is 20.6. The van der Waals surface area contributed by atoms with E-state index in [0.717, 1.165) is 55.3 Å². The average Bonchev–Trinajstić information content (AvgIpc) is 3.44. The molecule has 5 heterocycles. The number of piperidine rings is 1. The first kappa shape index (κ1) is 22.7. The van der Waals surface area contributed by atoms with E-state index in [0.29, 0.717) is 24.3 Å². The van der Waals surface area contributed by atoms with Crippen LogP contribution in [0.2, 0.25) is 0 Å². The molecule has 10 nitrogen and oxygen atoms in total. The number of carbonyl (C=O) groups is 3. The van der Waals surface area contributed by atoms with Crippen molar-refractivity contribution in [3.63, 3.8) is 0 Å². The molecule has 2 saturated heterocycles. The molecule has 0 radical (unpaired) electrons. The zero-order valence-corrected chi connectivity index (χ0v) is 19.8. The lowest BCUT2D eigenvalue weighted by Crippen LogP contribution is -2.52. The summed E-state index contributed by atoms with van der Waals surface area (Å²) in [5.41, 5.74) is 4.28. The topological polar surface area (TPSA) is 105 Å². The maximum absolute atomic E-state index is 13.1. The van der Waals surface area contributed by atoms with E-state index >= 15 is 0 Å². The van der Waals surface area contributed by atoms with Gasteiger partial charge in [0.25, 0.3) is 5.91 Å². The predicted molar refractivity (Wildman–Crippen MR) is 128 cm³/mol. The fraction of sp³-hybridized carbons (Fsp3) is 0.385.